The van der Waals surface area contributed by atoms with Crippen molar-refractivity contribution in [2.45, 2.75) is 6.92 Å². The molecule has 0 aliphatic carbocycles. The number of para-hydroxylation sites is 1. The Kier molecular flexibility index (Phi) is 4.18. The molecule has 4 heteroatoms. The molecule has 0 heterocycles. The Morgan fingerprint density at radius 1 is 1.42 bits per heavy atom. The van der Waals surface area contributed by atoms with Crippen LogP contribution in [0.15, 0.2) is 30.3 Å². The van der Waals surface area contributed by atoms with Gasteiger partial charge in [-0.3, -0.25) is 0 Å². The molecule has 1 aromatic rings. The van der Waals surface area contributed by atoms with E-state index in [2.05, 4.69) is 0 Å². The van der Waals surface area contributed by atoms with E-state index in [-0.39, 0.29) is 0 Å². The van der Waals surface area contributed by atoms with E-state index < -0.39 is 10.1 Å². The molecule has 66 valence electrons. The quantitative estimate of drug-likeness (QED) is 0.701. The maximum atomic E-state index is 11.1. The largest absolute Gasteiger partial charge is 0.393 e. The molecule has 1 rings (SSSR count). The predicted octanol–water partition coefficient (Wildman–Crippen LogP) is 2.40. The van der Waals surface area contributed by atoms with Crippen LogP contribution in [0.3, 0.4) is 0 Å². The van der Waals surface area contributed by atoms with E-state index in [9.17, 15) is 4.21 Å². The Balaban J connectivity index is 2.47. The fourth-order valence-corrected chi connectivity index (χ4v) is 2.14. The average molecular weight is 202 g/mol. The zero-order valence-electron chi connectivity index (χ0n) is 6.73. The van der Waals surface area contributed by atoms with Gasteiger partial charge in [-0.1, -0.05) is 25.1 Å². The van der Waals surface area contributed by atoms with Crippen molar-refractivity contribution in [2.75, 3.05) is 5.75 Å². The van der Waals surface area contributed by atoms with Crippen molar-refractivity contribution in [3.8, 4) is 5.75 Å². The van der Waals surface area contributed by atoms with Crippen molar-refractivity contribution in [3.63, 3.8) is 0 Å². The lowest BCUT2D eigenvalue weighted by molar-refractivity contribution is 0.577. The van der Waals surface area contributed by atoms with Crippen molar-refractivity contribution in [1.29, 1.82) is 0 Å². The van der Waals surface area contributed by atoms with Crippen molar-refractivity contribution in [3.05, 3.63) is 30.3 Å². The molecule has 2 nitrogen and oxygen atoms in total. The molecule has 0 aliphatic rings. The van der Waals surface area contributed by atoms with Crippen LogP contribution in [0.5, 0.6) is 5.75 Å². The van der Waals surface area contributed by atoms with Crippen molar-refractivity contribution >= 4 is 20.9 Å². The Hall–Kier alpha value is -0.480. The summed E-state index contributed by atoms with van der Waals surface area (Å²) in [6, 6.07) is 9.16. The lowest BCUT2D eigenvalue weighted by Gasteiger charge is -2.01. The molecule has 0 bridgehead atoms. The van der Waals surface area contributed by atoms with E-state index in [1.165, 1.54) is 10.8 Å². The van der Waals surface area contributed by atoms with Crippen LogP contribution in [0.1, 0.15) is 6.92 Å². The van der Waals surface area contributed by atoms with Crippen LogP contribution < -0.4 is 4.18 Å². The van der Waals surface area contributed by atoms with Crippen LogP contribution in [0.2, 0.25) is 0 Å². The molecule has 0 spiro atoms. The minimum Gasteiger partial charge on any atom is -0.393 e. The summed E-state index contributed by atoms with van der Waals surface area (Å²) in [5, 5.41) is 0. The number of hydrogen-bond acceptors (Lipinski definition) is 3. The highest BCUT2D eigenvalue weighted by Crippen LogP contribution is 2.15. The van der Waals surface area contributed by atoms with Gasteiger partial charge in [0.25, 0.3) is 10.1 Å². The van der Waals surface area contributed by atoms with Gasteiger partial charge in [-0.2, -0.15) is 0 Å². The second kappa shape index (κ2) is 5.22. The van der Waals surface area contributed by atoms with Gasteiger partial charge in [0.1, 0.15) is 5.75 Å². The van der Waals surface area contributed by atoms with Crippen molar-refractivity contribution in [1.82, 2.24) is 0 Å². The minimum atomic E-state index is -1.25. The minimum absolute atomic E-state index is 0.650. The van der Waals surface area contributed by atoms with Gasteiger partial charge in [0.2, 0.25) is 0 Å². The highest BCUT2D eigenvalue weighted by atomic mass is 33.1. The molecule has 1 aromatic carbocycles. The number of benzene rings is 1. The Bertz CT molecular complexity index is 248. The molecule has 1 unspecified atom stereocenters. The predicted molar refractivity (Wildman–Crippen MR) is 53.3 cm³/mol. The zero-order chi connectivity index (χ0) is 8.81. The summed E-state index contributed by atoms with van der Waals surface area (Å²) in [4.78, 5) is 0. The van der Waals surface area contributed by atoms with Crippen LogP contribution in [0.4, 0.5) is 0 Å². The summed E-state index contributed by atoms with van der Waals surface area (Å²) in [6.07, 6.45) is 0. The van der Waals surface area contributed by atoms with E-state index in [4.69, 9.17) is 4.18 Å². The van der Waals surface area contributed by atoms with Crippen LogP contribution >= 0.6 is 10.8 Å². The van der Waals surface area contributed by atoms with Gasteiger partial charge < -0.3 is 4.18 Å². The molecule has 0 saturated heterocycles. The third-order valence-electron chi connectivity index (χ3n) is 1.12. The maximum Gasteiger partial charge on any atom is 0.271 e. The van der Waals surface area contributed by atoms with Crippen molar-refractivity contribution in [2.24, 2.45) is 0 Å². The fraction of sp³-hybridized carbons (Fsp3) is 0.250. The van der Waals surface area contributed by atoms with Gasteiger partial charge >= 0.3 is 0 Å². The standard InChI is InChI=1S/C8H10O2S2/c1-2-11-12(9)10-8-6-4-3-5-7-8/h3-7H,2H2,1H3. The van der Waals surface area contributed by atoms with Crippen LogP contribution in [-0.2, 0) is 10.1 Å². The molecule has 0 saturated carbocycles. The summed E-state index contributed by atoms with van der Waals surface area (Å²) in [6.45, 7) is 1.94. The van der Waals surface area contributed by atoms with Gasteiger partial charge in [0.05, 0.1) is 0 Å². The third-order valence-corrected chi connectivity index (χ3v) is 3.37. The second-order valence-corrected chi connectivity index (χ2v) is 4.92. The van der Waals surface area contributed by atoms with E-state index in [0.717, 1.165) is 5.75 Å². The highest BCUT2D eigenvalue weighted by molar-refractivity contribution is 8.67. The maximum absolute atomic E-state index is 11.1. The smallest absolute Gasteiger partial charge is 0.271 e. The van der Waals surface area contributed by atoms with E-state index >= 15 is 0 Å². The van der Waals surface area contributed by atoms with Crippen LogP contribution in [0.25, 0.3) is 0 Å². The van der Waals surface area contributed by atoms with Gasteiger partial charge in [0.15, 0.2) is 0 Å². The lowest BCUT2D eigenvalue weighted by Crippen LogP contribution is -1.94. The van der Waals surface area contributed by atoms with Gasteiger partial charge in [-0.15, -0.1) is 0 Å². The van der Waals surface area contributed by atoms with Crippen molar-refractivity contribution < 1.29 is 8.39 Å². The lowest BCUT2D eigenvalue weighted by atomic mass is 10.3. The summed E-state index contributed by atoms with van der Waals surface area (Å²) in [5.74, 6) is 1.44. The fourth-order valence-electron chi connectivity index (χ4n) is 0.675. The topological polar surface area (TPSA) is 26.3 Å². The molecule has 0 amide bonds. The van der Waals surface area contributed by atoms with Crippen LogP contribution in [0, 0.1) is 0 Å². The SMILES string of the molecule is CCSS(=O)Oc1ccccc1. The summed E-state index contributed by atoms with van der Waals surface area (Å²) < 4.78 is 16.2. The van der Waals surface area contributed by atoms with E-state index in [1.54, 1.807) is 12.1 Å². The Morgan fingerprint density at radius 2 is 2.08 bits per heavy atom. The first-order chi connectivity index (χ1) is 5.83. The summed E-state index contributed by atoms with van der Waals surface area (Å²) in [5.41, 5.74) is 0. The number of hydrogen-bond donors (Lipinski definition) is 0. The molecule has 0 radical (unpaired) electrons. The molecular weight excluding hydrogens is 192 g/mol. The highest BCUT2D eigenvalue weighted by Gasteiger charge is 1.99. The molecule has 0 aliphatic heterocycles. The molecule has 12 heavy (non-hydrogen) atoms. The summed E-state index contributed by atoms with van der Waals surface area (Å²) >= 11 is 0. The van der Waals surface area contributed by atoms with E-state index in [0.29, 0.717) is 5.75 Å². The Labute approximate surface area is 78.4 Å². The normalized spacial score (nSPS) is 12.4. The van der Waals surface area contributed by atoms with Gasteiger partial charge in [-0.25, -0.2) is 4.21 Å². The molecule has 0 N–H and O–H groups in total. The summed E-state index contributed by atoms with van der Waals surface area (Å²) in [7, 11) is 0.0217. The molecule has 1 atom stereocenters. The zero-order valence-corrected chi connectivity index (χ0v) is 8.36. The monoisotopic (exact) mass is 202 g/mol. The molecule has 0 aromatic heterocycles. The third kappa shape index (κ3) is 3.28. The van der Waals surface area contributed by atoms with Gasteiger partial charge in [0, 0.05) is 5.75 Å². The first kappa shape index (κ1) is 9.61. The van der Waals surface area contributed by atoms with E-state index in [1.807, 2.05) is 25.1 Å². The first-order valence-electron chi connectivity index (χ1n) is 3.61. The number of rotatable bonds is 4. The molecular formula is C8H10O2S2. The first-order valence-corrected chi connectivity index (χ1v) is 6.19. The average Bonchev–Trinajstić information content (AvgIpc) is 2.06. The van der Waals surface area contributed by atoms with Gasteiger partial charge in [-0.05, 0) is 22.9 Å². The molecule has 0 fully saturated rings. The van der Waals surface area contributed by atoms with Crippen LogP contribution in [-0.4, -0.2) is 9.96 Å². The second-order valence-electron chi connectivity index (χ2n) is 2.01. The Morgan fingerprint density at radius 3 is 2.67 bits per heavy atom.